The third-order valence-corrected chi connectivity index (χ3v) is 6.19. The lowest BCUT2D eigenvalue weighted by molar-refractivity contribution is -0.383. The second-order valence-electron chi connectivity index (χ2n) is 7.83. The zero-order chi connectivity index (χ0) is 22.1. The molecule has 0 aromatic heterocycles. The predicted molar refractivity (Wildman–Crippen MR) is 114 cm³/mol. The van der Waals surface area contributed by atoms with Crippen LogP contribution in [0.15, 0.2) is 42.5 Å². The largest absolute Gasteiger partial charge is 0.320 e. The summed E-state index contributed by atoms with van der Waals surface area (Å²) in [5.74, 6) is -1.74. The van der Waals surface area contributed by atoms with Crippen LogP contribution in [0.5, 0.6) is 0 Å². The number of nitrogens with one attached hydrogen (secondary N) is 1. The van der Waals surface area contributed by atoms with E-state index in [4.69, 9.17) is 11.6 Å². The Bertz CT molecular complexity index is 1050. The molecule has 1 fully saturated rings. The van der Waals surface area contributed by atoms with Crippen molar-refractivity contribution < 1.29 is 19.3 Å². The SMILES string of the molecule is O=C(Nc1ccc(Cl)cc1[N+](=O)[O-])C1CCCCC1CN1C(=O)c2ccccc2C1=O. The number of carbonyl (C=O) groups is 3. The second-order valence-corrected chi connectivity index (χ2v) is 8.26. The van der Waals surface area contributed by atoms with Gasteiger partial charge in [-0.3, -0.25) is 29.4 Å². The number of nitro benzene ring substituents is 1. The number of rotatable bonds is 5. The number of benzene rings is 2. The zero-order valence-electron chi connectivity index (χ0n) is 16.5. The van der Waals surface area contributed by atoms with Gasteiger partial charge in [-0.15, -0.1) is 0 Å². The van der Waals surface area contributed by atoms with Gasteiger partial charge in [-0.25, -0.2) is 0 Å². The Morgan fingerprint density at radius 2 is 1.74 bits per heavy atom. The van der Waals surface area contributed by atoms with Gasteiger partial charge in [0.1, 0.15) is 5.69 Å². The van der Waals surface area contributed by atoms with E-state index >= 15 is 0 Å². The molecule has 2 atom stereocenters. The van der Waals surface area contributed by atoms with E-state index in [1.54, 1.807) is 24.3 Å². The van der Waals surface area contributed by atoms with E-state index in [0.717, 1.165) is 12.8 Å². The summed E-state index contributed by atoms with van der Waals surface area (Å²) < 4.78 is 0. The van der Waals surface area contributed by atoms with E-state index < -0.39 is 10.8 Å². The number of imide groups is 1. The normalized spacial score (nSPS) is 20.5. The highest BCUT2D eigenvalue weighted by atomic mass is 35.5. The highest BCUT2D eigenvalue weighted by molar-refractivity contribution is 6.31. The molecule has 0 spiro atoms. The van der Waals surface area contributed by atoms with Gasteiger partial charge in [0.15, 0.2) is 0 Å². The summed E-state index contributed by atoms with van der Waals surface area (Å²) in [6.07, 6.45) is 2.99. The van der Waals surface area contributed by atoms with Crippen LogP contribution in [-0.4, -0.2) is 34.1 Å². The molecule has 0 saturated heterocycles. The topological polar surface area (TPSA) is 110 Å². The molecule has 2 aromatic carbocycles. The number of halogens is 1. The fourth-order valence-electron chi connectivity index (χ4n) is 4.40. The van der Waals surface area contributed by atoms with Gasteiger partial charge >= 0.3 is 0 Å². The van der Waals surface area contributed by atoms with Gasteiger partial charge in [-0.2, -0.15) is 0 Å². The van der Waals surface area contributed by atoms with Crippen molar-refractivity contribution in [1.29, 1.82) is 0 Å². The maximum absolute atomic E-state index is 13.0. The van der Waals surface area contributed by atoms with Gasteiger partial charge in [0.2, 0.25) is 5.91 Å². The summed E-state index contributed by atoms with van der Waals surface area (Å²) in [6, 6.07) is 10.7. The fourth-order valence-corrected chi connectivity index (χ4v) is 4.56. The Morgan fingerprint density at radius 1 is 1.10 bits per heavy atom. The molecule has 1 aliphatic carbocycles. The van der Waals surface area contributed by atoms with Crippen LogP contribution in [0.25, 0.3) is 0 Å². The molecule has 160 valence electrons. The van der Waals surface area contributed by atoms with Gasteiger partial charge in [-0.1, -0.05) is 36.6 Å². The first kappa shape index (κ1) is 21.0. The molecule has 8 nitrogen and oxygen atoms in total. The summed E-state index contributed by atoms with van der Waals surface area (Å²) >= 11 is 5.84. The fraction of sp³-hybridized carbons (Fsp3) is 0.318. The molecule has 0 bridgehead atoms. The number of anilines is 1. The molecular weight excluding hydrogens is 422 g/mol. The predicted octanol–water partition coefficient (Wildman–Crippen LogP) is 4.29. The lowest BCUT2D eigenvalue weighted by Crippen LogP contribution is -2.41. The number of nitrogens with zero attached hydrogens (tertiary/aromatic N) is 2. The number of carbonyl (C=O) groups excluding carboxylic acids is 3. The third kappa shape index (κ3) is 4.03. The minimum Gasteiger partial charge on any atom is -0.320 e. The second kappa shape index (κ2) is 8.47. The molecule has 9 heteroatoms. The Balaban J connectivity index is 1.52. The molecule has 2 aromatic rings. The summed E-state index contributed by atoms with van der Waals surface area (Å²) in [4.78, 5) is 50.4. The van der Waals surface area contributed by atoms with Crippen molar-refractivity contribution in [2.75, 3.05) is 11.9 Å². The summed E-state index contributed by atoms with van der Waals surface area (Å²) in [5.41, 5.74) is 0.542. The van der Waals surface area contributed by atoms with Crippen molar-refractivity contribution in [2.24, 2.45) is 11.8 Å². The van der Waals surface area contributed by atoms with Gasteiger partial charge in [0, 0.05) is 23.6 Å². The molecular formula is C22H20ClN3O5. The molecule has 1 heterocycles. The first-order chi connectivity index (χ1) is 14.9. The van der Waals surface area contributed by atoms with Gasteiger partial charge < -0.3 is 5.32 Å². The van der Waals surface area contributed by atoms with Crippen LogP contribution in [0.1, 0.15) is 46.4 Å². The standard InChI is InChI=1S/C22H20ClN3O5/c23-14-9-10-18(19(11-14)26(30)31)24-20(27)15-6-2-1-5-13(15)12-25-21(28)16-7-3-4-8-17(16)22(25)29/h3-4,7-11,13,15H,1-2,5-6,12H2,(H,24,27). The maximum Gasteiger partial charge on any atom is 0.294 e. The van der Waals surface area contributed by atoms with Crippen LogP contribution in [-0.2, 0) is 4.79 Å². The van der Waals surface area contributed by atoms with Crippen LogP contribution < -0.4 is 5.32 Å². The minimum atomic E-state index is -0.599. The Kier molecular flexibility index (Phi) is 5.73. The van der Waals surface area contributed by atoms with Crippen molar-refractivity contribution in [3.8, 4) is 0 Å². The number of hydrogen-bond acceptors (Lipinski definition) is 5. The van der Waals surface area contributed by atoms with Gasteiger partial charge in [0.05, 0.1) is 16.1 Å². The van der Waals surface area contributed by atoms with E-state index in [0.29, 0.717) is 24.0 Å². The van der Waals surface area contributed by atoms with Crippen LogP contribution >= 0.6 is 11.6 Å². The maximum atomic E-state index is 13.0. The Morgan fingerprint density at radius 3 is 2.39 bits per heavy atom. The number of amides is 3. The van der Waals surface area contributed by atoms with Crippen LogP contribution in [0.2, 0.25) is 5.02 Å². The van der Waals surface area contributed by atoms with Crippen molar-refractivity contribution in [2.45, 2.75) is 25.7 Å². The zero-order valence-corrected chi connectivity index (χ0v) is 17.3. The van der Waals surface area contributed by atoms with E-state index in [-0.39, 0.29) is 46.6 Å². The molecule has 1 N–H and O–H groups in total. The third-order valence-electron chi connectivity index (χ3n) is 5.96. The van der Waals surface area contributed by atoms with E-state index in [9.17, 15) is 24.5 Å². The van der Waals surface area contributed by atoms with E-state index in [1.165, 1.54) is 23.1 Å². The van der Waals surface area contributed by atoms with Gasteiger partial charge in [-0.05, 0) is 43.0 Å². The molecule has 31 heavy (non-hydrogen) atoms. The Hall–Kier alpha value is -3.26. The molecule has 1 aliphatic heterocycles. The number of fused-ring (bicyclic) bond motifs is 1. The molecule has 3 amide bonds. The monoisotopic (exact) mass is 441 g/mol. The van der Waals surface area contributed by atoms with Crippen LogP contribution in [0.3, 0.4) is 0 Å². The smallest absolute Gasteiger partial charge is 0.294 e. The van der Waals surface area contributed by atoms with E-state index in [1.807, 2.05) is 0 Å². The lowest BCUT2D eigenvalue weighted by atomic mass is 9.78. The lowest BCUT2D eigenvalue weighted by Gasteiger charge is -2.32. The molecule has 0 radical (unpaired) electrons. The summed E-state index contributed by atoms with van der Waals surface area (Å²) in [7, 11) is 0. The summed E-state index contributed by atoms with van der Waals surface area (Å²) in [6.45, 7) is 0.146. The van der Waals surface area contributed by atoms with Crippen LogP contribution in [0, 0.1) is 22.0 Å². The minimum absolute atomic E-state index is 0.0736. The van der Waals surface area contributed by atoms with Crippen molar-refractivity contribution in [3.63, 3.8) is 0 Å². The highest BCUT2D eigenvalue weighted by Gasteiger charge is 2.40. The molecule has 2 unspecified atom stereocenters. The van der Waals surface area contributed by atoms with Gasteiger partial charge in [0.25, 0.3) is 17.5 Å². The first-order valence-corrected chi connectivity index (χ1v) is 10.4. The van der Waals surface area contributed by atoms with E-state index in [2.05, 4.69) is 5.32 Å². The van der Waals surface area contributed by atoms with Crippen molar-refractivity contribution in [3.05, 3.63) is 68.7 Å². The highest BCUT2D eigenvalue weighted by Crippen LogP contribution is 2.35. The summed E-state index contributed by atoms with van der Waals surface area (Å²) in [5, 5.41) is 14.2. The Labute approximate surface area is 183 Å². The number of nitro groups is 1. The van der Waals surface area contributed by atoms with Crippen LogP contribution in [0.4, 0.5) is 11.4 Å². The molecule has 4 rings (SSSR count). The average Bonchev–Trinajstić information content (AvgIpc) is 3.00. The first-order valence-electron chi connectivity index (χ1n) is 10.1. The quantitative estimate of drug-likeness (QED) is 0.423. The molecule has 1 saturated carbocycles. The molecule has 2 aliphatic rings. The van der Waals surface area contributed by atoms with Crippen molar-refractivity contribution in [1.82, 2.24) is 4.90 Å². The number of hydrogen-bond donors (Lipinski definition) is 1. The van der Waals surface area contributed by atoms with Crippen molar-refractivity contribution >= 4 is 40.7 Å². The average molecular weight is 442 g/mol.